The molecule has 8 aromatic carbocycles. The molecule has 228 valence electrons. The Morgan fingerprint density at radius 3 is 2.02 bits per heavy atom. The molecule has 1 aromatic heterocycles. The molecule has 0 saturated carbocycles. The topological polar surface area (TPSA) is 22.4 Å². The quantitative estimate of drug-likeness (QED) is 0.195. The summed E-state index contributed by atoms with van der Waals surface area (Å²) in [6.45, 7) is 0. The summed E-state index contributed by atoms with van der Waals surface area (Å²) < 4.78 is 12.8. The summed E-state index contributed by atoms with van der Waals surface area (Å²) >= 11 is 0. The van der Waals surface area contributed by atoms with E-state index in [1.165, 1.54) is 55.5 Å². The normalized spacial score (nSPS) is 15.6. The third-order valence-corrected chi connectivity index (χ3v) is 10.8. The molecule has 2 nitrogen and oxygen atoms in total. The Bertz CT molecular complexity index is 2810. The zero-order valence-electron chi connectivity index (χ0n) is 26.5. The van der Waals surface area contributed by atoms with Gasteiger partial charge in [0.25, 0.3) is 0 Å². The fourth-order valence-electron chi connectivity index (χ4n) is 8.72. The van der Waals surface area contributed by atoms with Crippen LogP contribution in [0.3, 0.4) is 0 Å². The summed E-state index contributed by atoms with van der Waals surface area (Å²) in [4.78, 5) is 0. The molecule has 2 heterocycles. The molecule has 1 aliphatic carbocycles. The van der Waals surface area contributed by atoms with Crippen LogP contribution in [0.25, 0.3) is 66.1 Å². The van der Waals surface area contributed by atoms with Crippen molar-refractivity contribution in [1.29, 1.82) is 0 Å². The van der Waals surface area contributed by atoms with Gasteiger partial charge in [-0.05, 0) is 91.9 Å². The van der Waals surface area contributed by atoms with Gasteiger partial charge in [-0.1, -0.05) is 133 Å². The predicted molar refractivity (Wildman–Crippen MR) is 199 cm³/mol. The second kappa shape index (κ2) is 9.82. The van der Waals surface area contributed by atoms with E-state index in [-0.39, 0.29) is 0 Å². The number of rotatable bonds is 3. The van der Waals surface area contributed by atoms with Crippen molar-refractivity contribution in [3.8, 4) is 44.9 Å². The molecule has 49 heavy (non-hydrogen) atoms. The van der Waals surface area contributed by atoms with Gasteiger partial charge in [-0.2, -0.15) is 0 Å². The number of fused-ring (bicyclic) bond motifs is 8. The first-order valence-electron chi connectivity index (χ1n) is 16.8. The van der Waals surface area contributed by atoms with Crippen LogP contribution in [0.2, 0.25) is 0 Å². The van der Waals surface area contributed by atoms with Crippen LogP contribution in [-0.2, 0) is 5.41 Å². The Balaban J connectivity index is 1.21. The highest BCUT2D eigenvalue weighted by Gasteiger charge is 2.46. The molecule has 0 fully saturated rings. The van der Waals surface area contributed by atoms with E-state index >= 15 is 0 Å². The fraction of sp³-hybridized carbons (Fsp3) is 0.0213. The Kier molecular flexibility index (Phi) is 5.34. The summed E-state index contributed by atoms with van der Waals surface area (Å²) in [5.41, 5.74) is 13.6. The minimum Gasteiger partial charge on any atom is -0.456 e. The Hall–Kier alpha value is -6.38. The van der Waals surface area contributed by atoms with E-state index in [4.69, 9.17) is 9.15 Å². The van der Waals surface area contributed by atoms with Crippen molar-refractivity contribution in [3.05, 3.63) is 192 Å². The van der Waals surface area contributed by atoms with E-state index in [0.717, 1.165) is 44.4 Å². The van der Waals surface area contributed by atoms with E-state index in [2.05, 4.69) is 158 Å². The fourth-order valence-corrected chi connectivity index (χ4v) is 8.72. The number of ether oxygens (including phenoxy) is 1. The van der Waals surface area contributed by atoms with Gasteiger partial charge in [0, 0.05) is 21.7 Å². The largest absolute Gasteiger partial charge is 0.456 e. The minimum atomic E-state index is -0.538. The molecule has 1 unspecified atom stereocenters. The van der Waals surface area contributed by atoms with E-state index < -0.39 is 5.41 Å². The molecule has 9 aromatic rings. The molecule has 0 spiro atoms. The number of benzene rings is 8. The van der Waals surface area contributed by atoms with Crippen LogP contribution in [0.4, 0.5) is 0 Å². The Morgan fingerprint density at radius 2 is 1.08 bits per heavy atom. The van der Waals surface area contributed by atoms with Crippen LogP contribution in [0, 0.1) is 0 Å². The second-order valence-corrected chi connectivity index (χ2v) is 13.2. The van der Waals surface area contributed by atoms with Crippen LogP contribution in [0.1, 0.15) is 22.3 Å². The number of para-hydroxylation sites is 2. The van der Waals surface area contributed by atoms with Crippen molar-refractivity contribution in [2.45, 2.75) is 5.41 Å². The van der Waals surface area contributed by atoms with E-state index in [0.29, 0.717) is 0 Å². The maximum absolute atomic E-state index is 6.46. The zero-order chi connectivity index (χ0) is 32.1. The molecule has 2 aliphatic rings. The molecule has 1 aliphatic heterocycles. The van der Waals surface area contributed by atoms with Gasteiger partial charge in [0.15, 0.2) is 0 Å². The first-order chi connectivity index (χ1) is 24.3. The number of furan rings is 1. The van der Waals surface area contributed by atoms with E-state index in [9.17, 15) is 0 Å². The van der Waals surface area contributed by atoms with Gasteiger partial charge in [-0.15, -0.1) is 0 Å². The second-order valence-electron chi connectivity index (χ2n) is 13.2. The highest BCUT2D eigenvalue weighted by atomic mass is 16.5. The lowest BCUT2D eigenvalue weighted by molar-refractivity contribution is 0.487. The molecule has 11 rings (SSSR count). The molecule has 0 N–H and O–H groups in total. The lowest BCUT2D eigenvalue weighted by atomic mass is 9.67. The smallest absolute Gasteiger partial charge is 0.135 e. The Morgan fingerprint density at radius 1 is 0.367 bits per heavy atom. The van der Waals surface area contributed by atoms with Gasteiger partial charge < -0.3 is 9.15 Å². The molecule has 0 amide bonds. The zero-order valence-corrected chi connectivity index (χ0v) is 26.5. The monoisotopic (exact) mass is 624 g/mol. The summed E-state index contributed by atoms with van der Waals surface area (Å²) in [6, 6.07) is 61.5. The molecule has 0 radical (unpaired) electrons. The van der Waals surface area contributed by atoms with Crippen LogP contribution < -0.4 is 4.74 Å². The lowest BCUT2D eigenvalue weighted by Crippen LogP contribution is -2.28. The summed E-state index contributed by atoms with van der Waals surface area (Å²) in [6.07, 6.45) is 0. The summed E-state index contributed by atoms with van der Waals surface area (Å²) in [5, 5.41) is 4.62. The van der Waals surface area contributed by atoms with Gasteiger partial charge in [0.2, 0.25) is 0 Å². The van der Waals surface area contributed by atoms with Crippen molar-refractivity contribution >= 4 is 32.7 Å². The Labute approximate surface area is 283 Å². The molecule has 0 saturated heterocycles. The van der Waals surface area contributed by atoms with Crippen molar-refractivity contribution in [2.75, 3.05) is 0 Å². The average molecular weight is 625 g/mol. The SMILES string of the molecule is c1ccc(C2(c3ccc4oc5ccccc5c4c3)c3ccccc3-c3ccc(-c4ccc5c6c(cccc46)-c4ccccc4O5)cc32)cc1. The predicted octanol–water partition coefficient (Wildman–Crippen LogP) is 12.5. The maximum Gasteiger partial charge on any atom is 0.135 e. The van der Waals surface area contributed by atoms with Crippen molar-refractivity contribution in [3.63, 3.8) is 0 Å². The number of hydrogen-bond acceptors (Lipinski definition) is 2. The number of hydrogen-bond donors (Lipinski definition) is 0. The van der Waals surface area contributed by atoms with Gasteiger partial charge in [-0.3, -0.25) is 0 Å². The van der Waals surface area contributed by atoms with Gasteiger partial charge >= 0.3 is 0 Å². The minimum absolute atomic E-state index is 0.538. The van der Waals surface area contributed by atoms with Gasteiger partial charge in [0.1, 0.15) is 22.7 Å². The maximum atomic E-state index is 6.46. The molecular formula is C47H28O2. The lowest BCUT2D eigenvalue weighted by Gasteiger charge is -2.34. The third kappa shape index (κ3) is 3.55. The highest BCUT2D eigenvalue weighted by Crippen LogP contribution is 2.58. The summed E-state index contributed by atoms with van der Waals surface area (Å²) in [5.74, 6) is 1.81. The van der Waals surface area contributed by atoms with Crippen LogP contribution in [0.15, 0.2) is 174 Å². The standard InChI is InChI=1S/C47H28O2/c1-2-11-30(12-3-1)47(31-22-25-44-39(28-31)36-15-6-9-20-43(36)48-44)40-18-7-4-13-33(40)34-23-21-29(27-41(34)47)32-24-26-45-46-37(32)16-10-17-38(46)35-14-5-8-19-42(35)49-45/h1-28H. The average Bonchev–Trinajstić information content (AvgIpc) is 3.68. The first-order valence-corrected chi connectivity index (χ1v) is 16.8. The van der Waals surface area contributed by atoms with Crippen LogP contribution in [-0.4, -0.2) is 0 Å². The molecule has 0 bridgehead atoms. The molecule has 2 heteroatoms. The van der Waals surface area contributed by atoms with Gasteiger partial charge in [0.05, 0.1) is 5.41 Å². The van der Waals surface area contributed by atoms with Crippen molar-refractivity contribution in [1.82, 2.24) is 0 Å². The van der Waals surface area contributed by atoms with E-state index in [1.54, 1.807) is 0 Å². The summed E-state index contributed by atoms with van der Waals surface area (Å²) in [7, 11) is 0. The van der Waals surface area contributed by atoms with Gasteiger partial charge in [-0.25, -0.2) is 0 Å². The highest BCUT2D eigenvalue weighted by molar-refractivity contribution is 6.10. The van der Waals surface area contributed by atoms with Crippen LogP contribution in [0.5, 0.6) is 11.5 Å². The van der Waals surface area contributed by atoms with Crippen LogP contribution >= 0.6 is 0 Å². The van der Waals surface area contributed by atoms with E-state index in [1.807, 2.05) is 12.1 Å². The third-order valence-electron chi connectivity index (χ3n) is 10.8. The van der Waals surface area contributed by atoms with Crippen molar-refractivity contribution in [2.24, 2.45) is 0 Å². The molecular weight excluding hydrogens is 597 g/mol. The molecule has 1 atom stereocenters. The van der Waals surface area contributed by atoms with Crippen molar-refractivity contribution < 1.29 is 9.15 Å². The first kappa shape index (κ1) is 26.7.